The van der Waals surface area contributed by atoms with Gasteiger partial charge in [0.1, 0.15) is 0 Å². The van der Waals surface area contributed by atoms with Crippen molar-refractivity contribution in [1.29, 1.82) is 0 Å². The number of sulfone groups is 1. The van der Waals surface area contributed by atoms with Crippen LogP contribution in [0.5, 0.6) is 0 Å². The summed E-state index contributed by atoms with van der Waals surface area (Å²) in [5, 5.41) is 0. The zero-order valence-electron chi connectivity index (χ0n) is 14.6. The largest absolute Gasteiger partial charge is 0.449 e. The Morgan fingerprint density at radius 3 is 2.15 bits per heavy atom. The first-order valence-electron chi connectivity index (χ1n) is 7.85. The lowest BCUT2D eigenvalue weighted by atomic mass is 10.2. The number of amides is 2. The number of nitrogens with one attached hydrogen (secondary N) is 2. The Hall–Kier alpha value is -3.20. The summed E-state index contributed by atoms with van der Waals surface area (Å²) in [5.41, 5.74) is 4.52. The molecule has 0 aliphatic carbocycles. The van der Waals surface area contributed by atoms with E-state index in [4.69, 9.17) is 4.74 Å². The normalized spacial score (nSPS) is 11.9. The lowest BCUT2D eigenvalue weighted by Crippen LogP contribution is -2.46. The smallest absolute Gasteiger partial charge is 0.340 e. The zero-order valence-corrected chi connectivity index (χ0v) is 15.4. The fourth-order valence-electron chi connectivity index (χ4n) is 2.12. The minimum atomic E-state index is -3.65. The van der Waals surface area contributed by atoms with Crippen LogP contribution in [0.25, 0.3) is 0 Å². The Morgan fingerprint density at radius 1 is 0.926 bits per heavy atom. The third kappa shape index (κ3) is 5.38. The van der Waals surface area contributed by atoms with E-state index in [2.05, 4.69) is 10.9 Å². The lowest BCUT2D eigenvalue weighted by Gasteiger charge is -2.15. The SMILES string of the molecule is C[C@H](OC(=O)c1ccccc1S(C)(=O)=O)C(=O)NNC(=O)c1ccccc1. The topological polar surface area (TPSA) is 119 Å². The lowest BCUT2D eigenvalue weighted by molar-refractivity contribution is -0.129. The molecule has 0 aromatic heterocycles. The number of carbonyl (C=O) groups is 3. The molecule has 0 spiro atoms. The summed E-state index contributed by atoms with van der Waals surface area (Å²) in [4.78, 5) is 35.9. The van der Waals surface area contributed by atoms with E-state index in [-0.39, 0.29) is 10.5 Å². The molecule has 0 aliphatic heterocycles. The molecule has 9 heteroatoms. The third-order valence-electron chi connectivity index (χ3n) is 3.49. The highest BCUT2D eigenvalue weighted by molar-refractivity contribution is 7.90. The highest BCUT2D eigenvalue weighted by Gasteiger charge is 2.24. The molecule has 0 heterocycles. The van der Waals surface area contributed by atoms with Gasteiger partial charge in [0.2, 0.25) is 0 Å². The third-order valence-corrected chi connectivity index (χ3v) is 4.65. The van der Waals surface area contributed by atoms with E-state index in [9.17, 15) is 22.8 Å². The molecule has 2 amide bonds. The van der Waals surface area contributed by atoms with Crippen LogP contribution in [0.1, 0.15) is 27.6 Å². The van der Waals surface area contributed by atoms with Crippen LogP contribution in [-0.2, 0) is 19.4 Å². The van der Waals surface area contributed by atoms with E-state index < -0.39 is 33.7 Å². The van der Waals surface area contributed by atoms with E-state index >= 15 is 0 Å². The molecule has 27 heavy (non-hydrogen) atoms. The molecule has 2 aromatic carbocycles. The fourth-order valence-corrected chi connectivity index (χ4v) is 2.99. The second kappa shape index (κ2) is 8.45. The van der Waals surface area contributed by atoms with Crippen LogP contribution in [0.4, 0.5) is 0 Å². The van der Waals surface area contributed by atoms with E-state index in [0.717, 1.165) is 6.26 Å². The molecule has 142 valence electrons. The van der Waals surface area contributed by atoms with Gasteiger partial charge in [0, 0.05) is 11.8 Å². The van der Waals surface area contributed by atoms with Gasteiger partial charge in [-0.3, -0.25) is 20.4 Å². The average molecular weight is 390 g/mol. The van der Waals surface area contributed by atoms with Crippen molar-refractivity contribution in [3.63, 3.8) is 0 Å². The number of carbonyl (C=O) groups excluding carboxylic acids is 3. The van der Waals surface area contributed by atoms with Crippen LogP contribution < -0.4 is 10.9 Å². The van der Waals surface area contributed by atoms with Crippen LogP contribution in [0, 0.1) is 0 Å². The number of hydrogen-bond donors (Lipinski definition) is 2. The molecule has 2 aromatic rings. The van der Waals surface area contributed by atoms with Gasteiger partial charge in [-0.2, -0.15) is 0 Å². The van der Waals surface area contributed by atoms with Gasteiger partial charge in [-0.15, -0.1) is 0 Å². The number of ether oxygens (including phenoxy) is 1. The van der Waals surface area contributed by atoms with Crippen molar-refractivity contribution in [3.05, 3.63) is 65.7 Å². The maximum atomic E-state index is 12.2. The van der Waals surface area contributed by atoms with Gasteiger partial charge in [-0.05, 0) is 31.2 Å². The first kappa shape index (κ1) is 20.1. The van der Waals surface area contributed by atoms with Gasteiger partial charge in [0.15, 0.2) is 15.9 Å². The summed E-state index contributed by atoms with van der Waals surface area (Å²) in [6, 6.07) is 13.7. The summed E-state index contributed by atoms with van der Waals surface area (Å²) in [6.07, 6.45) is -0.296. The maximum Gasteiger partial charge on any atom is 0.340 e. The molecular formula is C18H18N2O6S. The quantitative estimate of drug-likeness (QED) is 0.583. The molecule has 2 rings (SSSR count). The van der Waals surface area contributed by atoms with E-state index in [0.29, 0.717) is 5.56 Å². The predicted molar refractivity (Wildman–Crippen MR) is 96.5 cm³/mol. The van der Waals surface area contributed by atoms with Crippen molar-refractivity contribution < 1.29 is 27.5 Å². The van der Waals surface area contributed by atoms with Gasteiger partial charge < -0.3 is 4.74 Å². The molecule has 0 saturated carbocycles. The number of esters is 1. The van der Waals surface area contributed by atoms with Crippen molar-refractivity contribution in [2.75, 3.05) is 6.26 Å². The zero-order chi connectivity index (χ0) is 20.0. The predicted octanol–water partition coefficient (Wildman–Crippen LogP) is 1.10. The van der Waals surface area contributed by atoms with Crippen LogP contribution in [0.2, 0.25) is 0 Å². The Balaban J connectivity index is 1.99. The molecular weight excluding hydrogens is 372 g/mol. The highest BCUT2D eigenvalue weighted by atomic mass is 32.2. The Morgan fingerprint density at radius 2 is 1.52 bits per heavy atom. The maximum absolute atomic E-state index is 12.2. The van der Waals surface area contributed by atoms with Crippen LogP contribution in [0.3, 0.4) is 0 Å². The van der Waals surface area contributed by atoms with Crippen molar-refractivity contribution >= 4 is 27.6 Å². The monoisotopic (exact) mass is 390 g/mol. The first-order chi connectivity index (χ1) is 12.7. The van der Waals surface area contributed by atoms with Crippen LogP contribution >= 0.6 is 0 Å². The average Bonchev–Trinajstić information content (AvgIpc) is 2.65. The number of hydrazine groups is 1. The summed E-state index contributed by atoms with van der Waals surface area (Å²) >= 11 is 0. The van der Waals surface area contributed by atoms with Gasteiger partial charge in [-0.25, -0.2) is 13.2 Å². The molecule has 0 fully saturated rings. The van der Waals surface area contributed by atoms with Gasteiger partial charge in [0.25, 0.3) is 11.8 Å². The standard InChI is InChI=1S/C18H18N2O6S/c1-12(16(21)19-20-17(22)13-8-4-3-5-9-13)26-18(23)14-10-6-7-11-15(14)27(2,24)25/h3-12H,1-2H3,(H,19,21)(H,20,22)/t12-/m0/s1. The number of rotatable bonds is 5. The minimum absolute atomic E-state index is 0.173. The summed E-state index contributed by atoms with van der Waals surface area (Å²) < 4.78 is 28.5. The molecule has 0 aliphatic rings. The number of hydrogen-bond acceptors (Lipinski definition) is 6. The highest BCUT2D eigenvalue weighted by Crippen LogP contribution is 2.17. The Kier molecular flexibility index (Phi) is 6.30. The molecule has 0 unspecified atom stereocenters. The summed E-state index contributed by atoms with van der Waals surface area (Å²) in [6.45, 7) is 1.30. The van der Waals surface area contributed by atoms with Crippen LogP contribution in [0.15, 0.2) is 59.5 Å². The Bertz CT molecular complexity index is 957. The van der Waals surface area contributed by atoms with Gasteiger partial charge in [-0.1, -0.05) is 30.3 Å². The van der Waals surface area contributed by atoms with E-state index in [1.807, 2.05) is 0 Å². The van der Waals surface area contributed by atoms with Gasteiger partial charge in [0.05, 0.1) is 10.5 Å². The molecule has 0 radical (unpaired) electrons. The van der Waals surface area contributed by atoms with E-state index in [1.165, 1.54) is 31.2 Å². The van der Waals surface area contributed by atoms with Gasteiger partial charge >= 0.3 is 5.97 Å². The van der Waals surface area contributed by atoms with Crippen molar-refractivity contribution in [1.82, 2.24) is 10.9 Å². The Labute approximate surface area is 156 Å². The molecule has 2 N–H and O–H groups in total. The summed E-state index contributed by atoms with van der Waals surface area (Å²) in [7, 11) is -3.65. The van der Waals surface area contributed by atoms with E-state index in [1.54, 1.807) is 30.3 Å². The summed E-state index contributed by atoms with van der Waals surface area (Å²) in [5.74, 6) is -2.28. The molecule has 8 nitrogen and oxygen atoms in total. The molecule has 0 bridgehead atoms. The number of benzene rings is 2. The fraction of sp³-hybridized carbons (Fsp3) is 0.167. The molecule has 1 atom stereocenters. The van der Waals surface area contributed by atoms with Crippen molar-refractivity contribution in [3.8, 4) is 0 Å². The second-order valence-corrected chi connectivity index (χ2v) is 7.61. The van der Waals surface area contributed by atoms with Crippen molar-refractivity contribution in [2.45, 2.75) is 17.9 Å². The van der Waals surface area contributed by atoms with Crippen molar-refractivity contribution in [2.24, 2.45) is 0 Å². The second-order valence-electron chi connectivity index (χ2n) is 5.63. The minimum Gasteiger partial charge on any atom is -0.449 e. The molecule has 0 saturated heterocycles. The first-order valence-corrected chi connectivity index (χ1v) is 9.74. The van der Waals surface area contributed by atoms with Crippen LogP contribution in [-0.4, -0.2) is 38.6 Å².